The Bertz CT molecular complexity index is 645. The molecule has 1 aromatic rings. The second-order valence-electron chi connectivity index (χ2n) is 4.72. The van der Waals surface area contributed by atoms with Crippen molar-refractivity contribution in [1.82, 2.24) is 5.32 Å². The molecule has 118 valence electrons. The summed E-state index contributed by atoms with van der Waals surface area (Å²) in [6.07, 6.45) is 2.43. The van der Waals surface area contributed by atoms with Crippen LogP contribution in [0.15, 0.2) is 17.0 Å². The summed E-state index contributed by atoms with van der Waals surface area (Å²) in [5.74, 6) is 0.541. The monoisotopic (exact) mass is 341 g/mol. The molecule has 1 saturated heterocycles. The lowest BCUT2D eigenvalue weighted by molar-refractivity contribution is -0.115. The van der Waals surface area contributed by atoms with Gasteiger partial charge in [-0.2, -0.15) is 0 Å². The Morgan fingerprint density at radius 2 is 2.14 bits per heavy atom. The second-order valence-corrected chi connectivity index (χ2v) is 6.15. The number of carbonyl (C=O) groups excluding carboxylic acids is 2. The van der Waals surface area contributed by atoms with Crippen LogP contribution in [0.2, 0.25) is 5.02 Å². The van der Waals surface area contributed by atoms with E-state index in [4.69, 9.17) is 21.1 Å². The summed E-state index contributed by atoms with van der Waals surface area (Å²) in [5.41, 5.74) is 0.658. The Kier molecular flexibility index (Phi) is 5.37. The molecule has 0 spiro atoms. The molecular weight excluding hydrogens is 326 g/mol. The normalized spacial score (nSPS) is 17.5. The van der Waals surface area contributed by atoms with Crippen LogP contribution in [0.25, 0.3) is 6.08 Å². The van der Waals surface area contributed by atoms with E-state index in [0.29, 0.717) is 27.0 Å². The van der Waals surface area contributed by atoms with Crippen LogP contribution in [0.1, 0.15) is 25.8 Å². The van der Waals surface area contributed by atoms with Crippen molar-refractivity contribution in [2.45, 2.75) is 26.4 Å². The third-order valence-electron chi connectivity index (χ3n) is 3.09. The van der Waals surface area contributed by atoms with E-state index < -0.39 is 5.91 Å². The molecule has 7 heteroatoms. The van der Waals surface area contributed by atoms with E-state index in [9.17, 15) is 9.59 Å². The first-order chi connectivity index (χ1) is 10.4. The summed E-state index contributed by atoms with van der Waals surface area (Å²) in [6.45, 7) is 3.95. The number of carbonyl (C=O) groups is 2. The van der Waals surface area contributed by atoms with Crippen molar-refractivity contribution in [2.24, 2.45) is 0 Å². The molecule has 1 N–H and O–H groups in total. The average Bonchev–Trinajstić information content (AvgIpc) is 2.79. The molecule has 2 rings (SSSR count). The average molecular weight is 342 g/mol. The molecule has 5 nitrogen and oxygen atoms in total. The van der Waals surface area contributed by atoms with E-state index in [1.165, 1.54) is 7.11 Å². The first-order valence-electron chi connectivity index (χ1n) is 6.73. The Balaban J connectivity index is 2.35. The molecule has 0 unspecified atom stereocenters. The number of imide groups is 1. The van der Waals surface area contributed by atoms with Crippen molar-refractivity contribution < 1.29 is 19.1 Å². The Labute approximate surface area is 138 Å². The Morgan fingerprint density at radius 3 is 2.68 bits per heavy atom. The summed E-state index contributed by atoms with van der Waals surface area (Å²) in [4.78, 5) is 23.1. The highest BCUT2D eigenvalue weighted by molar-refractivity contribution is 8.18. The van der Waals surface area contributed by atoms with Crippen LogP contribution in [0.4, 0.5) is 4.79 Å². The minimum atomic E-state index is -0.412. The SMILES string of the molecule is CC[C@H](C)Oc1c(Cl)cc(/C=C2/SC(=O)NC2=O)cc1OC. The zero-order valence-corrected chi connectivity index (χ0v) is 14.0. The van der Waals surface area contributed by atoms with Crippen molar-refractivity contribution in [2.75, 3.05) is 7.11 Å². The number of hydrogen-bond donors (Lipinski definition) is 1. The molecule has 2 amide bonds. The van der Waals surface area contributed by atoms with Gasteiger partial charge in [-0.05, 0) is 48.9 Å². The van der Waals surface area contributed by atoms with Crippen LogP contribution in [0, 0.1) is 0 Å². The van der Waals surface area contributed by atoms with Gasteiger partial charge in [-0.25, -0.2) is 0 Å². The molecule has 0 saturated carbocycles. The number of halogens is 1. The van der Waals surface area contributed by atoms with E-state index >= 15 is 0 Å². The lowest BCUT2D eigenvalue weighted by Gasteiger charge is -2.17. The highest BCUT2D eigenvalue weighted by Gasteiger charge is 2.25. The van der Waals surface area contributed by atoms with Crippen LogP contribution < -0.4 is 14.8 Å². The van der Waals surface area contributed by atoms with E-state index in [2.05, 4.69) is 5.32 Å². The van der Waals surface area contributed by atoms with Crippen molar-refractivity contribution in [3.63, 3.8) is 0 Å². The topological polar surface area (TPSA) is 64.6 Å². The fourth-order valence-corrected chi connectivity index (χ4v) is 2.74. The standard InChI is InChI=1S/C15H16ClNO4S/c1-4-8(2)21-13-10(16)5-9(6-11(13)20-3)7-12-14(18)17-15(19)22-12/h5-8H,4H2,1-3H3,(H,17,18,19)/b12-7+/t8-/m0/s1. The van der Waals surface area contributed by atoms with Crippen LogP contribution in [-0.2, 0) is 4.79 Å². The largest absolute Gasteiger partial charge is 0.493 e. The van der Waals surface area contributed by atoms with Crippen molar-refractivity contribution in [3.8, 4) is 11.5 Å². The molecule has 1 heterocycles. The predicted octanol–water partition coefficient (Wildman–Crippen LogP) is 3.85. The van der Waals surface area contributed by atoms with E-state index in [-0.39, 0.29) is 11.3 Å². The smallest absolute Gasteiger partial charge is 0.290 e. The summed E-state index contributed by atoms with van der Waals surface area (Å²) in [5, 5.41) is 2.21. The van der Waals surface area contributed by atoms with Crippen LogP contribution in [0.5, 0.6) is 11.5 Å². The molecule has 1 aromatic carbocycles. The third-order valence-corrected chi connectivity index (χ3v) is 4.18. The van der Waals surface area contributed by atoms with Crippen LogP contribution >= 0.6 is 23.4 Å². The summed E-state index contributed by atoms with van der Waals surface area (Å²) in [6, 6.07) is 3.39. The lowest BCUT2D eigenvalue weighted by Crippen LogP contribution is -2.17. The molecule has 1 atom stereocenters. The van der Waals surface area contributed by atoms with Gasteiger partial charge in [-0.15, -0.1) is 0 Å². The molecule has 0 bridgehead atoms. The molecule has 22 heavy (non-hydrogen) atoms. The quantitative estimate of drug-likeness (QED) is 0.824. The fraction of sp³-hybridized carbons (Fsp3) is 0.333. The van der Waals surface area contributed by atoms with Gasteiger partial charge in [-0.3, -0.25) is 14.9 Å². The van der Waals surface area contributed by atoms with Gasteiger partial charge in [-0.1, -0.05) is 18.5 Å². The fourth-order valence-electron chi connectivity index (χ4n) is 1.79. The van der Waals surface area contributed by atoms with Gasteiger partial charge < -0.3 is 9.47 Å². The van der Waals surface area contributed by atoms with Crippen molar-refractivity contribution in [3.05, 3.63) is 27.6 Å². The number of thioether (sulfide) groups is 1. The summed E-state index contributed by atoms with van der Waals surface area (Å²) < 4.78 is 11.1. The van der Waals surface area contributed by atoms with Gasteiger partial charge in [0.2, 0.25) is 0 Å². The molecule has 0 radical (unpaired) electrons. The van der Waals surface area contributed by atoms with Crippen molar-refractivity contribution >= 4 is 40.6 Å². The third kappa shape index (κ3) is 3.75. The number of hydrogen-bond acceptors (Lipinski definition) is 5. The minimum Gasteiger partial charge on any atom is -0.493 e. The summed E-state index contributed by atoms with van der Waals surface area (Å²) >= 11 is 7.11. The minimum absolute atomic E-state index is 0.00407. The Hall–Kier alpha value is -1.66. The molecule has 0 aliphatic carbocycles. The highest BCUT2D eigenvalue weighted by atomic mass is 35.5. The number of nitrogens with one attached hydrogen (secondary N) is 1. The zero-order chi connectivity index (χ0) is 16.3. The Morgan fingerprint density at radius 1 is 1.41 bits per heavy atom. The first-order valence-corrected chi connectivity index (χ1v) is 7.93. The van der Waals surface area contributed by atoms with E-state index in [1.807, 2.05) is 13.8 Å². The maximum Gasteiger partial charge on any atom is 0.290 e. The molecular formula is C15H16ClNO4S. The van der Waals surface area contributed by atoms with Crippen molar-refractivity contribution in [1.29, 1.82) is 0 Å². The second kappa shape index (κ2) is 7.07. The van der Waals surface area contributed by atoms with E-state index in [1.54, 1.807) is 18.2 Å². The number of benzene rings is 1. The maximum atomic E-state index is 11.6. The number of methoxy groups -OCH3 is 1. The molecule has 0 aromatic heterocycles. The zero-order valence-electron chi connectivity index (χ0n) is 12.4. The van der Waals surface area contributed by atoms with Gasteiger partial charge in [0.05, 0.1) is 23.1 Å². The first kappa shape index (κ1) is 16.7. The molecule has 1 aliphatic heterocycles. The number of rotatable bonds is 5. The summed E-state index contributed by atoms with van der Waals surface area (Å²) in [7, 11) is 1.52. The lowest BCUT2D eigenvalue weighted by atomic mass is 10.1. The van der Waals surface area contributed by atoms with Gasteiger partial charge in [0.1, 0.15) is 0 Å². The predicted molar refractivity (Wildman–Crippen MR) is 87.5 cm³/mol. The van der Waals surface area contributed by atoms with E-state index in [0.717, 1.165) is 18.2 Å². The van der Waals surface area contributed by atoms with Gasteiger partial charge >= 0.3 is 0 Å². The van der Waals surface area contributed by atoms with Crippen LogP contribution in [-0.4, -0.2) is 24.4 Å². The number of amides is 2. The maximum absolute atomic E-state index is 11.6. The van der Waals surface area contributed by atoms with Gasteiger partial charge in [0.15, 0.2) is 11.5 Å². The number of ether oxygens (including phenoxy) is 2. The molecule has 1 fully saturated rings. The van der Waals surface area contributed by atoms with Gasteiger partial charge in [0, 0.05) is 0 Å². The highest BCUT2D eigenvalue weighted by Crippen LogP contribution is 2.38. The van der Waals surface area contributed by atoms with Crippen LogP contribution in [0.3, 0.4) is 0 Å². The molecule has 1 aliphatic rings. The van der Waals surface area contributed by atoms with Gasteiger partial charge in [0.25, 0.3) is 11.1 Å².